The van der Waals surface area contributed by atoms with Gasteiger partial charge >= 0.3 is 11.8 Å². The molecule has 1 unspecified atom stereocenters. The van der Waals surface area contributed by atoms with Crippen LogP contribution in [-0.4, -0.2) is 33.5 Å². The molecule has 1 N–H and O–H groups in total. The number of carbonyl (C=O) groups is 3. The van der Waals surface area contributed by atoms with Crippen LogP contribution in [0.1, 0.15) is 18.1 Å². The molecule has 31 heavy (non-hydrogen) atoms. The van der Waals surface area contributed by atoms with Crippen molar-refractivity contribution >= 4 is 23.5 Å². The maximum absolute atomic E-state index is 13.5. The van der Waals surface area contributed by atoms with Crippen LogP contribution in [0.15, 0.2) is 59.3 Å². The van der Waals surface area contributed by atoms with E-state index in [2.05, 4.69) is 15.4 Å². The molecule has 4 rings (SSSR count). The number of aromatic nitrogens is 1. The summed E-state index contributed by atoms with van der Waals surface area (Å²) < 4.78 is 32.0. The number of amides is 2. The first-order valence-electron chi connectivity index (χ1n) is 9.31. The summed E-state index contributed by atoms with van der Waals surface area (Å²) in [6.07, 6.45) is 3.02. The van der Waals surface area contributed by atoms with E-state index in [4.69, 9.17) is 4.74 Å². The van der Waals surface area contributed by atoms with Crippen LogP contribution >= 0.6 is 0 Å². The van der Waals surface area contributed by atoms with Crippen LogP contribution in [0.3, 0.4) is 0 Å². The first kappa shape index (κ1) is 20.3. The highest BCUT2D eigenvalue weighted by Gasteiger charge is 2.45. The lowest BCUT2D eigenvalue weighted by molar-refractivity contribution is -0.141. The number of Topliss-reactive ketones (excluding diaryl/α,β-unsaturated/α-hetero) is 1. The fraction of sp³-hybridized carbons (Fsp3) is 0.190. The fourth-order valence-electron chi connectivity index (χ4n) is 3.24. The molecule has 2 aliphatic rings. The average molecular weight is 426 g/mol. The van der Waals surface area contributed by atoms with Gasteiger partial charge in [0.1, 0.15) is 5.92 Å². The first-order valence-corrected chi connectivity index (χ1v) is 9.31. The summed E-state index contributed by atoms with van der Waals surface area (Å²) in [7, 11) is 0. The van der Waals surface area contributed by atoms with E-state index >= 15 is 0 Å². The van der Waals surface area contributed by atoms with Gasteiger partial charge in [0.25, 0.3) is 5.91 Å². The quantitative estimate of drug-likeness (QED) is 0.735. The number of pyridine rings is 1. The maximum Gasteiger partial charge on any atom is 0.309 e. The number of ether oxygens (including phenoxy) is 1. The Labute approximate surface area is 175 Å². The molecule has 8 nitrogen and oxygen atoms in total. The highest BCUT2D eigenvalue weighted by atomic mass is 19.2. The number of halogens is 2. The van der Waals surface area contributed by atoms with Gasteiger partial charge in [-0.05, 0) is 48.7 Å². The van der Waals surface area contributed by atoms with E-state index in [1.807, 2.05) is 0 Å². The van der Waals surface area contributed by atoms with Gasteiger partial charge in [0.15, 0.2) is 17.4 Å². The van der Waals surface area contributed by atoms with Crippen LogP contribution in [0.2, 0.25) is 0 Å². The van der Waals surface area contributed by atoms with Crippen molar-refractivity contribution in [1.82, 2.24) is 15.3 Å². The number of hydrazone groups is 1. The zero-order chi connectivity index (χ0) is 22.1. The lowest BCUT2D eigenvalue weighted by Gasteiger charge is -2.25. The molecule has 1 aromatic carbocycles. The van der Waals surface area contributed by atoms with Crippen molar-refractivity contribution in [3.05, 3.63) is 76.9 Å². The minimum absolute atomic E-state index is 0.105. The molecule has 0 radical (unpaired) electrons. The molecule has 1 aromatic heterocycles. The third-order valence-electron chi connectivity index (χ3n) is 4.91. The number of allylic oxidation sites excluding steroid dienone is 1. The molecule has 0 fully saturated rings. The zero-order valence-electron chi connectivity index (χ0n) is 16.3. The lowest BCUT2D eigenvalue weighted by atomic mass is 9.88. The number of nitrogens with one attached hydrogen (secondary N) is 1. The predicted molar refractivity (Wildman–Crippen MR) is 103 cm³/mol. The van der Waals surface area contributed by atoms with Crippen LogP contribution in [-0.2, 0) is 32.1 Å². The molecular weight excluding hydrogens is 410 g/mol. The van der Waals surface area contributed by atoms with E-state index in [-0.39, 0.29) is 35.9 Å². The van der Waals surface area contributed by atoms with Gasteiger partial charge in [-0.2, -0.15) is 5.01 Å². The number of hydrogen-bond donors (Lipinski definition) is 1. The Morgan fingerprint density at radius 1 is 1.13 bits per heavy atom. The summed E-state index contributed by atoms with van der Waals surface area (Å²) in [6, 6.07) is 6.61. The Kier molecular flexibility index (Phi) is 5.28. The largest absolute Gasteiger partial charge is 0.414 e. The Morgan fingerprint density at radius 3 is 2.58 bits per heavy atom. The molecule has 10 heteroatoms. The van der Waals surface area contributed by atoms with Gasteiger partial charge in [-0.25, -0.2) is 8.78 Å². The second-order valence-corrected chi connectivity index (χ2v) is 6.99. The molecule has 0 aliphatic carbocycles. The van der Waals surface area contributed by atoms with Crippen LogP contribution in [0, 0.1) is 17.6 Å². The number of ketones is 1. The van der Waals surface area contributed by atoms with Crippen LogP contribution < -0.4 is 5.32 Å². The van der Waals surface area contributed by atoms with Crippen molar-refractivity contribution < 1.29 is 27.9 Å². The number of benzene rings is 1. The topological polar surface area (TPSA) is 101 Å². The van der Waals surface area contributed by atoms with Crippen molar-refractivity contribution in [3.63, 3.8) is 0 Å². The van der Waals surface area contributed by atoms with Crippen LogP contribution in [0.5, 0.6) is 0 Å². The third-order valence-corrected chi connectivity index (χ3v) is 4.91. The van der Waals surface area contributed by atoms with E-state index < -0.39 is 35.1 Å². The van der Waals surface area contributed by atoms with Gasteiger partial charge in [0.2, 0.25) is 5.88 Å². The number of nitrogens with zero attached hydrogens (tertiary/aromatic N) is 3. The van der Waals surface area contributed by atoms with Gasteiger partial charge in [-0.15, -0.1) is 5.10 Å². The van der Waals surface area contributed by atoms with Crippen LogP contribution in [0.25, 0.3) is 0 Å². The average Bonchev–Trinajstić information content (AvgIpc) is 3.23. The van der Waals surface area contributed by atoms with Crippen molar-refractivity contribution in [2.45, 2.75) is 19.9 Å². The summed E-state index contributed by atoms with van der Waals surface area (Å²) in [4.78, 5) is 41.8. The molecule has 2 aromatic rings. The number of hydrogen-bond acceptors (Lipinski definition) is 6. The Morgan fingerprint density at radius 2 is 1.87 bits per heavy atom. The van der Waals surface area contributed by atoms with E-state index in [1.54, 1.807) is 24.5 Å². The number of fused-ring (bicyclic) bond motifs is 1. The van der Waals surface area contributed by atoms with Crippen molar-refractivity contribution in [2.24, 2.45) is 11.0 Å². The molecule has 0 bridgehead atoms. The van der Waals surface area contributed by atoms with Gasteiger partial charge in [-0.3, -0.25) is 19.4 Å². The molecular formula is C21H16F2N4O4. The minimum Gasteiger partial charge on any atom is -0.414 e. The van der Waals surface area contributed by atoms with E-state index in [0.717, 1.165) is 22.7 Å². The van der Waals surface area contributed by atoms with Gasteiger partial charge < -0.3 is 10.1 Å². The first-order chi connectivity index (χ1) is 14.8. The molecule has 1 atom stereocenters. The minimum atomic E-state index is -1.19. The van der Waals surface area contributed by atoms with Crippen molar-refractivity contribution in [3.8, 4) is 0 Å². The van der Waals surface area contributed by atoms with E-state index in [0.29, 0.717) is 0 Å². The van der Waals surface area contributed by atoms with Gasteiger partial charge in [0.05, 0.1) is 5.57 Å². The second-order valence-electron chi connectivity index (χ2n) is 6.99. The molecule has 2 aliphatic heterocycles. The molecule has 158 valence electrons. The highest BCUT2D eigenvalue weighted by Crippen LogP contribution is 2.31. The zero-order valence-corrected chi connectivity index (χ0v) is 16.3. The van der Waals surface area contributed by atoms with Crippen molar-refractivity contribution in [2.75, 3.05) is 0 Å². The smallest absolute Gasteiger partial charge is 0.309 e. The maximum atomic E-state index is 13.5. The summed E-state index contributed by atoms with van der Waals surface area (Å²) >= 11 is 0. The Hall–Kier alpha value is -3.95. The lowest BCUT2D eigenvalue weighted by Crippen LogP contribution is -2.41. The summed E-state index contributed by atoms with van der Waals surface area (Å²) in [5.74, 6) is -5.71. The van der Waals surface area contributed by atoms with E-state index in [9.17, 15) is 23.2 Å². The van der Waals surface area contributed by atoms with Gasteiger partial charge in [0, 0.05) is 18.9 Å². The fourth-order valence-corrected chi connectivity index (χ4v) is 3.24. The third kappa shape index (κ3) is 3.91. The standard InChI is InChI=1S/C21H16F2N4O4/c1-11-17(28)14(8-13-2-3-15(22)16(23)9-13)20(30)27-21(11)31-19(26-27)18(29)25-10-12-4-6-24-7-5-12/h2-7,9,14H,8,10H2,1H3,(H,25,29). The normalized spacial score (nSPS) is 18.0. The summed E-state index contributed by atoms with van der Waals surface area (Å²) in [5, 5.41) is 7.39. The van der Waals surface area contributed by atoms with Crippen molar-refractivity contribution in [1.29, 1.82) is 0 Å². The number of carbonyl (C=O) groups excluding carboxylic acids is 3. The Bertz CT molecular complexity index is 1150. The number of rotatable bonds is 5. The SMILES string of the molecule is CC1=C2OC(C(=O)NCc3ccncc3)=NN2C(=O)C(Cc2ccc(F)c(F)c2)C1=O. The van der Waals surface area contributed by atoms with Crippen LogP contribution in [0.4, 0.5) is 8.78 Å². The summed E-state index contributed by atoms with van der Waals surface area (Å²) in [5.41, 5.74) is 1.18. The molecule has 0 saturated carbocycles. The monoisotopic (exact) mass is 426 g/mol. The predicted octanol–water partition coefficient (Wildman–Crippen LogP) is 1.82. The summed E-state index contributed by atoms with van der Waals surface area (Å²) in [6.45, 7) is 1.64. The molecule has 3 heterocycles. The van der Waals surface area contributed by atoms with Gasteiger partial charge in [-0.1, -0.05) is 6.07 Å². The highest BCUT2D eigenvalue weighted by molar-refractivity contribution is 6.36. The Balaban J connectivity index is 1.51. The molecule has 0 saturated heterocycles. The second kappa shape index (κ2) is 8.05. The molecule has 2 amide bonds. The molecule has 0 spiro atoms. The van der Waals surface area contributed by atoms with E-state index in [1.165, 1.54) is 13.0 Å².